The number of hydrogen-bond donors (Lipinski definition) is 0. The number of benzene rings is 1. The second-order valence-electron chi connectivity index (χ2n) is 6.24. The number of carbonyl (C=O) groups excluding carboxylic acids is 2. The quantitative estimate of drug-likeness (QED) is 0.540. The molecule has 0 aliphatic heterocycles. The summed E-state index contributed by atoms with van der Waals surface area (Å²) in [5.41, 5.74) is 3.28. The summed E-state index contributed by atoms with van der Waals surface area (Å²) in [5.74, 6) is 0.0724. The van der Waals surface area contributed by atoms with E-state index in [2.05, 4.69) is 15.5 Å². The van der Waals surface area contributed by atoms with E-state index in [4.69, 9.17) is 4.74 Å². The number of esters is 1. The molecule has 0 atom stereocenters. The number of carbonyl (C=O) groups is 2. The fourth-order valence-corrected chi connectivity index (χ4v) is 3.03. The van der Waals surface area contributed by atoms with Crippen LogP contribution in [0, 0.1) is 0 Å². The lowest BCUT2D eigenvalue weighted by Gasteiger charge is -2.06. The first-order chi connectivity index (χ1) is 12.2. The van der Waals surface area contributed by atoms with Gasteiger partial charge in [-0.2, -0.15) is 0 Å². The molecule has 2 aromatic rings. The average molecular weight is 342 g/mol. The third-order valence-electron chi connectivity index (χ3n) is 4.38. The molecular weight excluding hydrogens is 320 g/mol. The van der Waals surface area contributed by atoms with E-state index in [-0.39, 0.29) is 25.2 Å². The van der Waals surface area contributed by atoms with Gasteiger partial charge in [0.25, 0.3) is 0 Å². The lowest BCUT2D eigenvalue weighted by atomic mass is 10.0. The van der Waals surface area contributed by atoms with Gasteiger partial charge in [-0.15, -0.1) is 5.10 Å². The summed E-state index contributed by atoms with van der Waals surface area (Å²) in [6.07, 6.45) is 4.37. The molecule has 0 bridgehead atoms. The smallest absolute Gasteiger partial charge is 0.306 e. The zero-order valence-electron chi connectivity index (χ0n) is 14.4. The molecule has 132 valence electrons. The van der Waals surface area contributed by atoms with E-state index >= 15 is 0 Å². The van der Waals surface area contributed by atoms with Crippen molar-refractivity contribution in [2.45, 2.75) is 58.6 Å². The van der Waals surface area contributed by atoms with E-state index in [1.165, 1.54) is 11.1 Å². The van der Waals surface area contributed by atoms with Crippen molar-refractivity contribution >= 4 is 11.8 Å². The van der Waals surface area contributed by atoms with Gasteiger partial charge in [-0.3, -0.25) is 9.59 Å². The molecule has 3 rings (SSSR count). The van der Waals surface area contributed by atoms with Gasteiger partial charge >= 0.3 is 5.97 Å². The maximum atomic E-state index is 12.3. The van der Waals surface area contributed by atoms with Gasteiger partial charge in [0.05, 0.1) is 6.42 Å². The monoisotopic (exact) mass is 342 g/mol. The van der Waals surface area contributed by atoms with Crippen LogP contribution in [0.1, 0.15) is 59.9 Å². The number of Topliss-reactive ketones (excluding diaryl/α,β-unsaturated/α-hetero) is 1. The summed E-state index contributed by atoms with van der Waals surface area (Å²) < 4.78 is 6.79. The Morgan fingerprint density at radius 3 is 2.88 bits per heavy atom. The Bertz CT molecular complexity index is 769. The van der Waals surface area contributed by atoms with Crippen molar-refractivity contribution in [2.75, 3.05) is 0 Å². The van der Waals surface area contributed by atoms with Gasteiger partial charge in [0.2, 0.25) is 0 Å². The first-order valence-electron chi connectivity index (χ1n) is 8.73. The summed E-state index contributed by atoms with van der Waals surface area (Å²) in [6.45, 7) is 2.72. The summed E-state index contributed by atoms with van der Waals surface area (Å²) in [4.78, 5) is 24.2. The van der Waals surface area contributed by atoms with E-state index in [1.54, 1.807) is 4.68 Å². The highest BCUT2D eigenvalue weighted by Gasteiger charge is 2.16. The van der Waals surface area contributed by atoms with Crippen LogP contribution < -0.4 is 0 Å². The third-order valence-corrected chi connectivity index (χ3v) is 4.38. The van der Waals surface area contributed by atoms with Crippen molar-refractivity contribution in [3.63, 3.8) is 0 Å². The predicted molar refractivity (Wildman–Crippen MR) is 89.9 cm³/mol. The minimum Gasteiger partial charge on any atom is -0.457 e. The molecular formula is C18H22N4O3. The molecule has 7 nitrogen and oxygen atoms in total. The summed E-state index contributed by atoms with van der Waals surface area (Å²) in [7, 11) is 0. The number of aromatic nitrogens is 4. The largest absolute Gasteiger partial charge is 0.457 e. The minimum absolute atomic E-state index is 0.0255. The van der Waals surface area contributed by atoms with Crippen molar-refractivity contribution in [3.05, 3.63) is 40.7 Å². The number of ketones is 1. The van der Waals surface area contributed by atoms with Gasteiger partial charge in [-0.1, -0.05) is 19.1 Å². The Labute approximate surface area is 146 Å². The first kappa shape index (κ1) is 17.3. The standard InChI is InChI=1S/C18H22N4O3/c1-2-10-22-17(19-20-21-22)12-25-18(24)9-8-16(23)15-7-6-13-4-3-5-14(13)11-15/h6-7,11H,2-5,8-10,12H2,1H3. The average Bonchev–Trinajstić information content (AvgIpc) is 3.26. The molecule has 1 aliphatic rings. The van der Waals surface area contributed by atoms with Crippen molar-refractivity contribution in [3.8, 4) is 0 Å². The van der Waals surface area contributed by atoms with Crippen LogP contribution in [0.25, 0.3) is 0 Å². The van der Waals surface area contributed by atoms with Crippen LogP contribution in [0.4, 0.5) is 0 Å². The Balaban J connectivity index is 1.47. The maximum absolute atomic E-state index is 12.3. The Morgan fingerprint density at radius 2 is 2.04 bits per heavy atom. The van der Waals surface area contributed by atoms with Crippen LogP contribution in [-0.2, 0) is 35.5 Å². The van der Waals surface area contributed by atoms with Crippen LogP contribution in [0.2, 0.25) is 0 Å². The molecule has 0 radical (unpaired) electrons. The lowest BCUT2D eigenvalue weighted by Crippen LogP contribution is -2.12. The van der Waals surface area contributed by atoms with Crippen LogP contribution in [0.5, 0.6) is 0 Å². The van der Waals surface area contributed by atoms with E-state index < -0.39 is 5.97 Å². The molecule has 0 spiro atoms. The third kappa shape index (κ3) is 4.29. The van der Waals surface area contributed by atoms with Crippen molar-refractivity contribution in [1.82, 2.24) is 20.2 Å². The van der Waals surface area contributed by atoms with E-state index in [0.29, 0.717) is 17.9 Å². The van der Waals surface area contributed by atoms with E-state index in [0.717, 1.165) is 25.7 Å². The lowest BCUT2D eigenvalue weighted by molar-refractivity contribution is -0.145. The molecule has 1 aliphatic carbocycles. The first-order valence-corrected chi connectivity index (χ1v) is 8.73. The predicted octanol–water partition coefficient (Wildman–Crippen LogP) is 2.28. The molecule has 0 saturated heterocycles. The molecule has 0 N–H and O–H groups in total. The van der Waals surface area contributed by atoms with Gasteiger partial charge in [0.1, 0.15) is 0 Å². The van der Waals surface area contributed by atoms with E-state index in [9.17, 15) is 9.59 Å². The molecule has 25 heavy (non-hydrogen) atoms. The highest BCUT2D eigenvalue weighted by molar-refractivity contribution is 5.97. The number of tetrazole rings is 1. The summed E-state index contributed by atoms with van der Waals surface area (Å²) in [6, 6.07) is 5.85. The van der Waals surface area contributed by atoms with Gasteiger partial charge in [0.15, 0.2) is 18.2 Å². The molecule has 0 amide bonds. The van der Waals surface area contributed by atoms with Crippen LogP contribution >= 0.6 is 0 Å². The number of aryl methyl sites for hydroxylation is 3. The molecule has 0 fully saturated rings. The molecule has 1 aromatic heterocycles. The number of nitrogens with zero attached hydrogens (tertiary/aromatic N) is 4. The Hall–Kier alpha value is -2.57. The van der Waals surface area contributed by atoms with Crippen LogP contribution in [0.15, 0.2) is 18.2 Å². The van der Waals surface area contributed by atoms with Gasteiger partial charge in [-0.05, 0) is 53.3 Å². The van der Waals surface area contributed by atoms with Crippen molar-refractivity contribution in [1.29, 1.82) is 0 Å². The molecule has 0 saturated carbocycles. The molecule has 0 unspecified atom stereocenters. The number of ether oxygens (including phenoxy) is 1. The highest BCUT2D eigenvalue weighted by atomic mass is 16.5. The zero-order chi connectivity index (χ0) is 17.6. The summed E-state index contributed by atoms with van der Waals surface area (Å²) >= 11 is 0. The number of hydrogen-bond acceptors (Lipinski definition) is 6. The zero-order valence-corrected chi connectivity index (χ0v) is 14.4. The highest BCUT2D eigenvalue weighted by Crippen LogP contribution is 2.23. The normalized spacial score (nSPS) is 12.8. The molecule has 1 heterocycles. The van der Waals surface area contributed by atoms with Gasteiger partial charge in [-0.25, -0.2) is 4.68 Å². The fourth-order valence-electron chi connectivity index (χ4n) is 3.03. The minimum atomic E-state index is -0.416. The topological polar surface area (TPSA) is 87.0 Å². The maximum Gasteiger partial charge on any atom is 0.306 e. The summed E-state index contributed by atoms with van der Waals surface area (Å²) in [5, 5.41) is 11.3. The van der Waals surface area contributed by atoms with E-state index in [1.807, 2.05) is 25.1 Å². The van der Waals surface area contributed by atoms with Crippen LogP contribution in [0.3, 0.4) is 0 Å². The SMILES string of the molecule is CCCn1nnnc1COC(=O)CCC(=O)c1ccc2c(c1)CCC2. The van der Waals surface area contributed by atoms with Crippen molar-refractivity contribution in [2.24, 2.45) is 0 Å². The van der Waals surface area contributed by atoms with Crippen molar-refractivity contribution < 1.29 is 14.3 Å². The fraction of sp³-hybridized carbons (Fsp3) is 0.500. The second-order valence-corrected chi connectivity index (χ2v) is 6.24. The molecule has 1 aromatic carbocycles. The number of fused-ring (bicyclic) bond motifs is 1. The number of rotatable bonds is 8. The second kappa shape index (κ2) is 8.00. The van der Waals surface area contributed by atoms with Crippen LogP contribution in [-0.4, -0.2) is 32.0 Å². The molecule has 7 heteroatoms. The van der Waals surface area contributed by atoms with Gasteiger partial charge < -0.3 is 4.74 Å². The van der Waals surface area contributed by atoms with Gasteiger partial charge in [0, 0.05) is 18.5 Å². The Kier molecular flexibility index (Phi) is 5.53. The Morgan fingerprint density at radius 1 is 1.20 bits per heavy atom.